The molecule has 0 spiro atoms. The number of nitrogens with zero attached hydrogens (tertiary/aromatic N) is 2. The van der Waals surface area contributed by atoms with Crippen molar-refractivity contribution in [2.24, 2.45) is 5.41 Å². The Hall–Kier alpha value is -2.36. The Kier molecular flexibility index (Phi) is 4.07. The van der Waals surface area contributed by atoms with Gasteiger partial charge in [0.2, 0.25) is 5.91 Å². The fraction of sp³-hybridized carbons (Fsp3) is 0.368. The van der Waals surface area contributed by atoms with Crippen molar-refractivity contribution in [3.8, 4) is 0 Å². The fourth-order valence-electron chi connectivity index (χ4n) is 2.67. The molecule has 1 aromatic carbocycles. The normalized spacial score (nSPS) is 14.3. The minimum atomic E-state index is -0.420. The number of hydrogen-bond acceptors (Lipinski definition) is 3. The largest absolute Gasteiger partial charge is 0.366 e. The molecular formula is C19H23N3O. The molecule has 0 saturated heterocycles. The summed E-state index contributed by atoms with van der Waals surface area (Å²) in [5.74, 6) is 0.579. The monoisotopic (exact) mass is 309 g/mol. The van der Waals surface area contributed by atoms with Crippen molar-refractivity contribution in [2.75, 3.05) is 16.8 Å². The van der Waals surface area contributed by atoms with Gasteiger partial charge in [-0.3, -0.25) is 4.79 Å². The summed E-state index contributed by atoms with van der Waals surface area (Å²) in [6.07, 6.45) is 2.89. The molecule has 1 aliphatic rings. The van der Waals surface area contributed by atoms with Crippen molar-refractivity contribution < 1.29 is 4.79 Å². The number of rotatable bonds is 2. The lowest BCUT2D eigenvalue weighted by molar-refractivity contribution is -0.123. The molecule has 1 aliphatic heterocycles. The van der Waals surface area contributed by atoms with Gasteiger partial charge >= 0.3 is 0 Å². The van der Waals surface area contributed by atoms with Crippen LogP contribution in [0.15, 0.2) is 42.6 Å². The van der Waals surface area contributed by atoms with Crippen LogP contribution in [0.2, 0.25) is 0 Å². The Labute approximate surface area is 137 Å². The van der Waals surface area contributed by atoms with E-state index in [4.69, 9.17) is 0 Å². The smallest absolute Gasteiger partial charge is 0.230 e. The predicted molar refractivity (Wildman–Crippen MR) is 93.5 cm³/mol. The summed E-state index contributed by atoms with van der Waals surface area (Å²) in [5.41, 5.74) is 3.49. The van der Waals surface area contributed by atoms with Gasteiger partial charge in [0.05, 0.1) is 11.9 Å². The molecular weight excluding hydrogens is 286 g/mol. The summed E-state index contributed by atoms with van der Waals surface area (Å²) in [5, 5.41) is 2.86. The standard InChI is InChI=1S/C19H23N3O/c1-19(2,3)18(23)21-17-9-8-16(12-20-17)22-11-10-14-6-4-5-7-15(14)13-22/h4-9,12H,10-11,13H2,1-3H3,(H,20,21,23). The average Bonchev–Trinajstić information content (AvgIpc) is 2.54. The van der Waals surface area contributed by atoms with Gasteiger partial charge in [0.25, 0.3) is 0 Å². The summed E-state index contributed by atoms with van der Waals surface area (Å²) in [6, 6.07) is 12.5. The molecule has 4 nitrogen and oxygen atoms in total. The summed E-state index contributed by atoms with van der Waals surface area (Å²) < 4.78 is 0. The molecule has 4 heteroatoms. The van der Waals surface area contributed by atoms with E-state index >= 15 is 0 Å². The Morgan fingerprint density at radius 3 is 2.52 bits per heavy atom. The number of aromatic nitrogens is 1. The molecule has 120 valence electrons. The molecule has 1 amide bonds. The van der Waals surface area contributed by atoms with Crippen LogP contribution in [0.25, 0.3) is 0 Å². The fourth-order valence-corrected chi connectivity index (χ4v) is 2.67. The minimum absolute atomic E-state index is 0.0235. The maximum atomic E-state index is 12.0. The van der Waals surface area contributed by atoms with Crippen LogP contribution in [-0.4, -0.2) is 17.4 Å². The lowest BCUT2D eigenvalue weighted by Crippen LogP contribution is -2.30. The second-order valence-electron chi connectivity index (χ2n) is 7.05. The number of carbonyl (C=O) groups excluding carboxylic acids is 1. The number of fused-ring (bicyclic) bond motifs is 1. The van der Waals surface area contributed by atoms with Crippen molar-refractivity contribution in [3.63, 3.8) is 0 Å². The quantitative estimate of drug-likeness (QED) is 0.921. The highest BCUT2D eigenvalue weighted by molar-refractivity contribution is 5.93. The van der Waals surface area contributed by atoms with Gasteiger partial charge in [0.1, 0.15) is 5.82 Å². The third-order valence-corrected chi connectivity index (χ3v) is 4.17. The average molecular weight is 309 g/mol. The molecule has 0 atom stereocenters. The second-order valence-corrected chi connectivity index (χ2v) is 7.05. The van der Waals surface area contributed by atoms with E-state index in [1.807, 2.05) is 39.1 Å². The number of hydrogen-bond donors (Lipinski definition) is 1. The predicted octanol–water partition coefficient (Wildman–Crippen LogP) is 3.63. The van der Waals surface area contributed by atoms with Gasteiger partial charge in [-0.15, -0.1) is 0 Å². The molecule has 2 heterocycles. The topological polar surface area (TPSA) is 45.2 Å². The zero-order valence-corrected chi connectivity index (χ0v) is 14.0. The van der Waals surface area contributed by atoms with Gasteiger partial charge in [-0.2, -0.15) is 0 Å². The van der Waals surface area contributed by atoms with E-state index < -0.39 is 5.41 Å². The van der Waals surface area contributed by atoms with E-state index in [1.165, 1.54) is 11.1 Å². The van der Waals surface area contributed by atoms with Gasteiger partial charge in [0.15, 0.2) is 0 Å². The van der Waals surface area contributed by atoms with Crippen molar-refractivity contribution in [3.05, 3.63) is 53.7 Å². The molecule has 2 aromatic rings. The second kappa shape index (κ2) is 6.03. The van der Waals surface area contributed by atoms with Crippen LogP contribution < -0.4 is 10.2 Å². The number of anilines is 2. The lowest BCUT2D eigenvalue weighted by Gasteiger charge is -2.30. The van der Waals surface area contributed by atoms with Crippen molar-refractivity contribution >= 4 is 17.4 Å². The number of nitrogens with one attached hydrogen (secondary N) is 1. The minimum Gasteiger partial charge on any atom is -0.366 e. The third-order valence-electron chi connectivity index (χ3n) is 4.17. The first-order chi connectivity index (χ1) is 10.9. The number of amides is 1. The van der Waals surface area contributed by atoms with Crippen LogP contribution in [0.5, 0.6) is 0 Å². The number of benzene rings is 1. The van der Waals surface area contributed by atoms with Crippen LogP contribution in [0.1, 0.15) is 31.9 Å². The van der Waals surface area contributed by atoms with Gasteiger partial charge in [-0.05, 0) is 29.7 Å². The van der Waals surface area contributed by atoms with Gasteiger partial charge in [-0.25, -0.2) is 4.98 Å². The van der Waals surface area contributed by atoms with Crippen molar-refractivity contribution in [2.45, 2.75) is 33.7 Å². The van der Waals surface area contributed by atoms with E-state index in [9.17, 15) is 4.79 Å². The molecule has 0 unspecified atom stereocenters. The van der Waals surface area contributed by atoms with Crippen LogP contribution in [0.4, 0.5) is 11.5 Å². The van der Waals surface area contributed by atoms with E-state index in [-0.39, 0.29) is 5.91 Å². The van der Waals surface area contributed by atoms with E-state index in [0.717, 1.165) is 25.2 Å². The van der Waals surface area contributed by atoms with Crippen LogP contribution >= 0.6 is 0 Å². The Balaban J connectivity index is 1.70. The molecule has 0 fully saturated rings. The van der Waals surface area contributed by atoms with E-state index in [0.29, 0.717) is 5.82 Å². The van der Waals surface area contributed by atoms with Crippen LogP contribution in [0, 0.1) is 5.41 Å². The maximum absolute atomic E-state index is 12.0. The van der Waals surface area contributed by atoms with Gasteiger partial charge in [0, 0.05) is 18.5 Å². The Bertz CT molecular complexity index is 701. The zero-order valence-electron chi connectivity index (χ0n) is 14.0. The molecule has 0 bridgehead atoms. The molecule has 1 aromatic heterocycles. The molecule has 23 heavy (non-hydrogen) atoms. The highest BCUT2D eigenvalue weighted by atomic mass is 16.2. The number of carbonyl (C=O) groups is 1. The van der Waals surface area contributed by atoms with E-state index in [2.05, 4.69) is 39.5 Å². The molecule has 1 N–H and O–H groups in total. The van der Waals surface area contributed by atoms with Crippen molar-refractivity contribution in [1.82, 2.24) is 4.98 Å². The van der Waals surface area contributed by atoms with Crippen molar-refractivity contribution in [1.29, 1.82) is 0 Å². The van der Waals surface area contributed by atoms with Gasteiger partial charge in [-0.1, -0.05) is 45.0 Å². The summed E-state index contributed by atoms with van der Waals surface area (Å²) in [7, 11) is 0. The van der Waals surface area contributed by atoms with E-state index in [1.54, 1.807) is 0 Å². The number of pyridine rings is 1. The lowest BCUT2D eigenvalue weighted by atomic mass is 9.96. The zero-order chi connectivity index (χ0) is 16.4. The van der Waals surface area contributed by atoms with Gasteiger partial charge < -0.3 is 10.2 Å². The molecule has 0 aliphatic carbocycles. The Morgan fingerprint density at radius 1 is 1.13 bits per heavy atom. The first-order valence-electron chi connectivity index (χ1n) is 8.03. The third kappa shape index (κ3) is 3.52. The van der Waals surface area contributed by atoms with Crippen LogP contribution in [-0.2, 0) is 17.8 Å². The Morgan fingerprint density at radius 2 is 1.87 bits per heavy atom. The molecule has 0 saturated carbocycles. The first-order valence-corrected chi connectivity index (χ1v) is 8.03. The highest BCUT2D eigenvalue weighted by Crippen LogP contribution is 2.25. The maximum Gasteiger partial charge on any atom is 0.230 e. The summed E-state index contributed by atoms with van der Waals surface area (Å²) in [6.45, 7) is 7.57. The molecule has 3 rings (SSSR count). The summed E-state index contributed by atoms with van der Waals surface area (Å²) in [4.78, 5) is 18.7. The first kappa shape index (κ1) is 15.5. The SMILES string of the molecule is CC(C)(C)C(=O)Nc1ccc(N2CCc3ccccc3C2)cn1. The highest BCUT2D eigenvalue weighted by Gasteiger charge is 2.22. The molecule has 0 radical (unpaired) electrons. The van der Waals surface area contributed by atoms with Crippen LogP contribution in [0.3, 0.4) is 0 Å². The summed E-state index contributed by atoms with van der Waals surface area (Å²) >= 11 is 0.